The van der Waals surface area contributed by atoms with E-state index in [1.54, 1.807) is 18.2 Å². The van der Waals surface area contributed by atoms with Crippen LogP contribution >= 0.6 is 12.4 Å². The molecule has 6 nitrogen and oxygen atoms in total. The summed E-state index contributed by atoms with van der Waals surface area (Å²) in [5, 5.41) is 16.3. The van der Waals surface area contributed by atoms with E-state index < -0.39 is 12.1 Å². The number of halogens is 1. The standard InChI is InChI=1S/C17H23N3O3.ClH/c1-17(2,3)15(18)13(21)10-23-14-7-5-4-6-11(14)12-8-9-19-20-16(12)22;/h4-9,13,15,21H,10,18H2,1-3H3,(H,20,22);1H. The lowest BCUT2D eigenvalue weighted by Crippen LogP contribution is -2.47. The van der Waals surface area contributed by atoms with Gasteiger partial charge in [-0.25, -0.2) is 5.10 Å². The molecule has 0 fully saturated rings. The number of hydrogen-bond donors (Lipinski definition) is 3. The summed E-state index contributed by atoms with van der Waals surface area (Å²) in [6.07, 6.45) is 0.705. The molecule has 0 saturated heterocycles. The van der Waals surface area contributed by atoms with E-state index in [2.05, 4.69) is 10.2 Å². The molecule has 0 spiro atoms. The number of para-hydroxylation sites is 1. The third-order valence-corrected chi connectivity index (χ3v) is 3.73. The van der Waals surface area contributed by atoms with Crippen LogP contribution < -0.4 is 16.0 Å². The van der Waals surface area contributed by atoms with E-state index >= 15 is 0 Å². The lowest BCUT2D eigenvalue weighted by molar-refractivity contribution is 0.0497. The Labute approximate surface area is 147 Å². The average molecular weight is 354 g/mol. The fraction of sp³-hybridized carbons (Fsp3) is 0.412. The van der Waals surface area contributed by atoms with Crippen LogP contribution in [0.15, 0.2) is 41.3 Å². The fourth-order valence-corrected chi connectivity index (χ4v) is 2.23. The third-order valence-electron chi connectivity index (χ3n) is 3.73. The number of rotatable bonds is 5. The maximum absolute atomic E-state index is 11.9. The molecule has 0 aliphatic heterocycles. The topological polar surface area (TPSA) is 101 Å². The summed E-state index contributed by atoms with van der Waals surface area (Å²) >= 11 is 0. The first-order valence-electron chi connectivity index (χ1n) is 7.50. The van der Waals surface area contributed by atoms with E-state index in [0.717, 1.165) is 0 Å². The van der Waals surface area contributed by atoms with Gasteiger partial charge in [-0.05, 0) is 17.5 Å². The number of nitrogens with one attached hydrogen (secondary N) is 1. The number of H-pyrrole nitrogens is 1. The lowest BCUT2D eigenvalue weighted by Gasteiger charge is -2.31. The van der Waals surface area contributed by atoms with Crippen LogP contribution in [0.3, 0.4) is 0 Å². The Kier molecular flexibility index (Phi) is 6.95. The van der Waals surface area contributed by atoms with E-state index in [0.29, 0.717) is 16.9 Å². The summed E-state index contributed by atoms with van der Waals surface area (Å²) in [4.78, 5) is 11.9. The number of aromatic nitrogens is 2. The summed E-state index contributed by atoms with van der Waals surface area (Å²) in [6.45, 7) is 5.94. The highest BCUT2D eigenvalue weighted by molar-refractivity contribution is 5.85. The molecule has 0 radical (unpaired) electrons. The van der Waals surface area contributed by atoms with Crippen molar-refractivity contribution in [3.63, 3.8) is 0 Å². The maximum atomic E-state index is 11.9. The highest BCUT2D eigenvalue weighted by Gasteiger charge is 2.28. The van der Waals surface area contributed by atoms with E-state index in [1.165, 1.54) is 6.20 Å². The summed E-state index contributed by atoms with van der Waals surface area (Å²) in [5.41, 5.74) is 6.62. The minimum atomic E-state index is -0.807. The van der Waals surface area contributed by atoms with Gasteiger partial charge in [-0.3, -0.25) is 4.79 Å². The molecule has 2 atom stereocenters. The van der Waals surface area contributed by atoms with Crippen molar-refractivity contribution in [2.24, 2.45) is 11.1 Å². The number of aliphatic hydroxyl groups is 1. The van der Waals surface area contributed by atoms with Gasteiger partial charge in [0.05, 0.1) is 5.56 Å². The predicted molar refractivity (Wildman–Crippen MR) is 96.5 cm³/mol. The monoisotopic (exact) mass is 353 g/mol. The number of nitrogens with zero attached hydrogens (tertiary/aromatic N) is 1. The molecule has 0 aliphatic carbocycles. The average Bonchev–Trinajstić information content (AvgIpc) is 2.52. The van der Waals surface area contributed by atoms with Crippen molar-refractivity contribution in [2.75, 3.05) is 6.61 Å². The molecule has 24 heavy (non-hydrogen) atoms. The van der Waals surface area contributed by atoms with Crippen molar-refractivity contribution in [3.05, 3.63) is 46.9 Å². The van der Waals surface area contributed by atoms with Gasteiger partial charge in [0, 0.05) is 17.8 Å². The van der Waals surface area contributed by atoms with Crippen LogP contribution in [0.1, 0.15) is 20.8 Å². The summed E-state index contributed by atoms with van der Waals surface area (Å²) in [7, 11) is 0. The van der Waals surface area contributed by atoms with Gasteiger partial charge in [-0.2, -0.15) is 5.10 Å². The Bertz CT molecular complexity index is 712. The Morgan fingerprint density at radius 1 is 1.25 bits per heavy atom. The first-order valence-corrected chi connectivity index (χ1v) is 7.50. The van der Waals surface area contributed by atoms with Gasteiger partial charge in [-0.1, -0.05) is 39.0 Å². The number of nitrogens with two attached hydrogens (primary N) is 1. The van der Waals surface area contributed by atoms with Crippen LogP contribution in [0.4, 0.5) is 0 Å². The maximum Gasteiger partial charge on any atom is 0.272 e. The van der Waals surface area contributed by atoms with Gasteiger partial charge in [0.2, 0.25) is 0 Å². The molecule has 1 aromatic heterocycles. The molecule has 4 N–H and O–H groups in total. The van der Waals surface area contributed by atoms with Crippen LogP contribution in [-0.2, 0) is 0 Å². The summed E-state index contributed by atoms with van der Waals surface area (Å²) in [6, 6.07) is 8.38. The zero-order valence-electron chi connectivity index (χ0n) is 14.0. The van der Waals surface area contributed by atoms with Crippen molar-refractivity contribution in [1.29, 1.82) is 0 Å². The van der Waals surface area contributed by atoms with E-state index in [1.807, 2.05) is 32.9 Å². The van der Waals surface area contributed by atoms with Gasteiger partial charge in [0.15, 0.2) is 0 Å². The van der Waals surface area contributed by atoms with Gasteiger partial charge >= 0.3 is 0 Å². The Hall–Kier alpha value is -1.89. The second-order valence-corrected chi connectivity index (χ2v) is 6.57. The fourth-order valence-electron chi connectivity index (χ4n) is 2.23. The third kappa shape index (κ3) is 4.80. The number of aliphatic hydroxyl groups excluding tert-OH is 1. The van der Waals surface area contributed by atoms with Crippen molar-refractivity contribution in [2.45, 2.75) is 32.9 Å². The lowest BCUT2D eigenvalue weighted by atomic mass is 9.84. The second-order valence-electron chi connectivity index (χ2n) is 6.57. The molecule has 0 bridgehead atoms. The van der Waals surface area contributed by atoms with E-state index in [-0.39, 0.29) is 30.0 Å². The van der Waals surface area contributed by atoms with Gasteiger partial charge in [-0.15, -0.1) is 12.4 Å². The predicted octanol–water partition coefficient (Wildman–Crippen LogP) is 1.97. The van der Waals surface area contributed by atoms with E-state index in [9.17, 15) is 9.90 Å². The number of aromatic amines is 1. The second kappa shape index (κ2) is 8.28. The first kappa shape index (κ1) is 20.2. The van der Waals surface area contributed by atoms with Gasteiger partial charge in [0.1, 0.15) is 18.5 Å². The summed E-state index contributed by atoms with van der Waals surface area (Å²) in [5.74, 6) is 0.518. The van der Waals surface area contributed by atoms with Gasteiger partial charge in [0.25, 0.3) is 5.56 Å². The number of ether oxygens (including phenoxy) is 1. The highest BCUT2D eigenvalue weighted by atomic mass is 35.5. The van der Waals surface area contributed by atoms with Crippen LogP contribution in [-0.4, -0.2) is 34.1 Å². The SMILES string of the molecule is CC(C)(C)C(N)C(O)COc1ccccc1-c1ccn[nH]c1=O.Cl. The molecule has 1 aromatic carbocycles. The smallest absolute Gasteiger partial charge is 0.272 e. The molecule has 0 amide bonds. The Balaban J connectivity index is 0.00000288. The van der Waals surface area contributed by atoms with E-state index in [4.69, 9.17) is 10.5 Å². The number of hydrogen-bond acceptors (Lipinski definition) is 5. The molecular weight excluding hydrogens is 330 g/mol. The zero-order valence-corrected chi connectivity index (χ0v) is 14.8. The van der Waals surface area contributed by atoms with Crippen molar-refractivity contribution < 1.29 is 9.84 Å². The molecular formula is C17H24ClN3O3. The van der Waals surface area contributed by atoms with Crippen molar-refractivity contribution >= 4 is 12.4 Å². The Morgan fingerprint density at radius 3 is 2.54 bits per heavy atom. The van der Waals surface area contributed by atoms with Gasteiger partial charge < -0.3 is 15.6 Å². The first-order chi connectivity index (χ1) is 10.8. The molecule has 132 valence electrons. The molecule has 0 saturated carbocycles. The van der Waals surface area contributed by atoms with Crippen LogP contribution in [0.2, 0.25) is 0 Å². The Morgan fingerprint density at radius 2 is 1.92 bits per heavy atom. The van der Waals surface area contributed by atoms with Crippen molar-refractivity contribution in [1.82, 2.24) is 10.2 Å². The minimum Gasteiger partial charge on any atom is -0.490 e. The highest BCUT2D eigenvalue weighted by Crippen LogP contribution is 2.28. The van der Waals surface area contributed by atoms with Crippen LogP contribution in [0.25, 0.3) is 11.1 Å². The quantitative estimate of drug-likeness (QED) is 0.762. The zero-order chi connectivity index (χ0) is 17.0. The largest absolute Gasteiger partial charge is 0.490 e. The summed E-state index contributed by atoms with van der Waals surface area (Å²) < 4.78 is 5.72. The molecule has 2 unspecified atom stereocenters. The number of benzene rings is 1. The normalized spacial score (nSPS) is 13.7. The van der Waals surface area contributed by atoms with Crippen molar-refractivity contribution in [3.8, 4) is 16.9 Å². The van der Waals surface area contributed by atoms with Crippen LogP contribution in [0.5, 0.6) is 5.75 Å². The molecule has 1 heterocycles. The van der Waals surface area contributed by atoms with Crippen LogP contribution in [0, 0.1) is 5.41 Å². The minimum absolute atomic E-state index is 0. The molecule has 2 rings (SSSR count). The molecule has 0 aliphatic rings. The molecule has 2 aromatic rings. The molecule has 7 heteroatoms.